The Balaban J connectivity index is 3.22. The molecule has 0 aliphatic carbocycles. The van der Waals surface area contributed by atoms with Crippen LogP contribution in [0.1, 0.15) is 13.8 Å². The summed E-state index contributed by atoms with van der Waals surface area (Å²) in [5.41, 5.74) is 0.542. The van der Waals surface area contributed by atoms with E-state index in [2.05, 4.69) is 14.7 Å². The number of aliphatic imine (C=N–C) groups is 1. The normalized spacial score (nSPS) is 14.2. The number of aromatic nitrogens is 1. The highest BCUT2D eigenvalue weighted by Gasteiger charge is 2.27. The van der Waals surface area contributed by atoms with Crippen LogP contribution in [0.25, 0.3) is 0 Å². The van der Waals surface area contributed by atoms with Crippen molar-refractivity contribution >= 4 is 49.2 Å². The third-order valence-electron chi connectivity index (χ3n) is 3.33. The number of nitriles is 1. The van der Waals surface area contributed by atoms with Gasteiger partial charge in [0, 0.05) is 25.2 Å². The molecule has 1 rings (SSSR count). The summed E-state index contributed by atoms with van der Waals surface area (Å²) in [7, 11) is -2.99. The van der Waals surface area contributed by atoms with Crippen molar-refractivity contribution in [2.75, 3.05) is 12.8 Å². The van der Waals surface area contributed by atoms with Gasteiger partial charge in [-0.05, 0) is 26.0 Å². The van der Waals surface area contributed by atoms with Crippen LogP contribution in [-0.4, -0.2) is 55.1 Å². The third kappa shape index (κ3) is 5.55. The molecule has 1 aromatic rings. The topological polar surface area (TPSA) is 122 Å². The van der Waals surface area contributed by atoms with Gasteiger partial charge in [-0.3, -0.25) is 20.2 Å². The SMILES string of the molecule is CCN(C(=O)C(C)=S(C)(=O)NC#N)C(C=Nc1cccnc1)C(=N)Cl. The Kier molecular flexibility index (Phi) is 7.54. The van der Waals surface area contributed by atoms with E-state index in [1.165, 1.54) is 30.5 Å². The fourth-order valence-corrected chi connectivity index (χ4v) is 2.82. The van der Waals surface area contributed by atoms with Crippen LogP contribution in [0.3, 0.4) is 0 Å². The van der Waals surface area contributed by atoms with Gasteiger partial charge in [0.05, 0.1) is 26.5 Å². The average Bonchev–Trinajstić information content (AvgIpc) is 2.57. The van der Waals surface area contributed by atoms with E-state index in [4.69, 9.17) is 22.3 Å². The monoisotopic (exact) mass is 382 g/mol. The Morgan fingerprint density at radius 3 is 2.84 bits per heavy atom. The fourth-order valence-electron chi connectivity index (χ4n) is 1.87. The number of hydrogen-bond donors (Lipinski definition) is 2. The molecule has 1 heterocycles. The summed E-state index contributed by atoms with van der Waals surface area (Å²) in [6.45, 7) is 3.28. The van der Waals surface area contributed by atoms with Crippen LogP contribution in [0.15, 0.2) is 29.5 Å². The van der Waals surface area contributed by atoms with Crippen molar-refractivity contribution in [2.24, 2.45) is 4.99 Å². The summed E-state index contributed by atoms with van der Waals surface area (Å²) in [4.78, 5) is 22.0. The number of nitrogens with zero attached hydrogens (tertiary/aromatic N) is 4. The van der Waals surface area contributed by atoms with E-state index in [0.29, 0.717) is 5.69 Å². The molecule has 0 aliphatic heterocycles. The first-order valence-electron chi connectivity index (χ1n) is 7.22. The number of carbonyl (C=O) groups excluding carboxylic acids is 1. The number of nitrogens with one attached hydrogen (secondary N) is 2. The van der Waals surface area contributed by atoms with E-state index < -0.39 is 21.7 Å². The van der Waals surface area contributed by atoms with E-state index in [-0.39, 0.29) is 16.6 Å². The van der Waals surface area contributed by atoms with Crippen LogP contribution in [0, 0.1) is 16.9 Å². The van der Waals surface area contributed by atoms with Crippen molar-refractivity contribution in [1.82, 2.24) is 14.6 Å². The maximum absolute atomic E-state index is 12.7. The number of pyridine rings is 1. The lowest BCUT2D eigenvalue weighted by atomic mass is 10.2. The van der Waals surface area contributed by atoms with Gasteiger partial charge in [0.25, 0.3) is 5.91 Å². The van der Waals surface area contributed by atoms with E-state index in [1.54, 1.807) is 31.4 Å². The largest absolute Gasteiger partial charge is 0.324 e. The van der Waals surface area contributed by atoms with Gasteiger partial charge in [-0.25, -0.2) is 8.93 Å². The van der Waals surface area contributed by atoms with Crippen molar-refractivity contribution < 1.29 is 9.00 Å². The second-order valence-corrected chi connectivity index (χ2v) is 7.90. The summed E-state index contributed by atoms with van der Waals surface area (Å²) >= 11 is 5.84. The predicted molar refractivity (Wildman–Crippen MR) is 101 cm³/mol. The molecule has 0 spiro atoms. The zero-order valence-corrected chi connectivity index (χ0v) is 15.6. The molecule has 1 amide bonds. The van der Waals surface area contributed by atoms with Crippen LogP contribution in [0.2, 0.25) is 0 Å². The molecular formula is C15H19ClN6O2S. The molecule has 2 N–H and O–H groups in total. The molecule has 0 fully saturated rings. The molecule has 0 saturated carbocycles. The third-order valence-corrected chi connectivity index (χ3v) is 5.38. The lowest BCUT2D eigenvalue weighted by molar-refractivity contribution is -0.123. The molecule has 0 saturated heterocycles. The second-order valence-electron chi connectivity index (χ2n) is 4.99. The predicted octanol–water partition coefficient (Wildman–Crippen LogP) is 1.31. The minimum absolute atomic E-state index is 0.0337. The van der Waals surface area contributed by atoms with Crippen molar-refractivity contribution in [1.29, 1.82) is 10.7 Å². The summed E-state index contributed by atoms with van der Waals surface area (Å²) < 4.78 is 14.5. The molecule has 0 radical (unpaired) electrons. The Morgan fingerprint density at radius 1 is 1.68 bits per heavy atom. The van der Waals surface area contributed by atoms with Crippen LogP contribution < -0.4 is 4.72 Å². The van der Waals surface area contributed by atoms with Gasteiger partial charge in [0.15, 0.2) is 6.19 Å². The number of halogens is 1. The van der Waals surface area contributed by atoms with Crippen LogP contribution >= 0.6 is 11.6 Å². The lowest BCUT2D eigenvalue weighted by Gasteiger charge is -2.27. The molecule has 0 aromatic carbocycles. The lowest BCUT2D eigenvalue weighted by Crippen LogP contribution is -2.48. The molecule has 2 unspecified atom stereocenters. The number of hydrogen-bond acceptors (Lipinski definition) is 6. The summed E-state index contributed by atoms with van der Waals surface area (Å²) in [5, 5.41) is 16.1. The molecule has 0 aliphatic rings. The molecule has 8 nitrogen and oxygen atoms in total. The van der Waals surface area contributed by atoms with E-state index >= 15 is 0 Å². The second kappa shape index (κ2) is 9.15. The van der Waals surface area contributed by atoms with Gasteiger partial charge in [0.1, 0.15) is 11.2 Å². The molecule has 2 atom stereocenters. The summed E-state index contributed by atoms with van der Waals surface area (Å²) in [5.74, 6) is -0.578. The van der Waals surface area contributed by atoms with Gasteiger partial charge in [-0.1, -0.05) is 11.6 Å². The van der Waals surface area contributed by atoms with Gasteiger partial charge in [-0.2, -0.15) is 5.26 Å². The molecule has 134 valence electrons. The zero-order valence-electron chi connectivity index (χ0n) is 14.1. The zero-order chi connectivity index (χ0) is 19.0. The Hall–Kier alpha value is -2.44. The minimum atomic E-state index is -2.99. The van der Waals surface area contributed by atoms with Crippen molar-refractivity contribution in [3.8, 4) is 6.19 Å². The molecule has 10 heteroatoms. The summed E-state index contributed by atoms with van der Waals surface area (Å²) in [6.07, 6.45) is 7.33. The van der Waals surface area contributed by atoms with Gasteiger partial charge in [0.2, 0.25) is 0 Å². The van der Waals surface area contributed by atoms with E-state index in [9.17, 15) is 9.00 Å². The maximum Gasteiger partial charge on any atom is 0.260 e. The average molecular weight is 383 g/mol. The van der Waals surface area contributed by atoms with Crippen LogP contribution in [-0.2, 0) is 14.5 Å². The van der Waals surface area contributed by atoms with Crippen LogP contribution in [0.5, 0.6) is 0 Å². The highest BCUT2D eigenvalue weighted by molar-refractivity contribution is 8.01. The van der Waals surface area contributed by atoms with Gasteiger partial charge >= 0.3 is 0 Å². The quantitative estimate of drug-likeness (QED) is 0.319. The standard InChI is InChI=1S/C15H19ClN6O2S/c1-4-22(15(23)11(2)25(3,24)21-10-17)13(14(16)18)9-20-12-6-5-7-19-8-12/h5-9,13,18H,4H2,1-3H3,(H,21,24). The number of carbonyl (C=O) groups is 1. The maximum atomic E-state index is 12.7. The van der Waals surface area contributed by atoms with Crippen molar-refractivity contribution in [3.63, 3.8) is 0 Å². The summed E-state index contributed by atoms with van der Waals surface area (Å²) in [6, 6.07) is 2.49. The molecule has 1 aromatic heterocycles. The van der Waals surface area contributed by atoms with Crippen LogP contribution in [0.4, 0.5) is 5.69 Å². The van der Waals surface area contributed by atoms with E-state index in [0.717, 1.165) is 0 Å². The van der Waals surface area contributed by atoms with Crippen molar-refractivity contribution in [2.45, 2.75) is 19.9 Å². The highest BCUT2D eigenvalue weighted by atomic mass is 35.5. The first-order valence-corrected chi connectivity index (χ1v) is 9.56. The minimum Gasteiger partial charge on any atom is -0.324 e. The van der Waals surface area contributed by atoms with Crippen molar-refractivity contribution in [3.05, 3.63) is 24.5 Å². The Bertz CT molecular complexity index is 824. The molecular weight excluding hydrogens is 364 g/mol. The molecule has 0 bridgehead atoms. The first kappa shape index (κ1) is 20.6. The Labute approximate surface area is 152 Å². The molecule has 25 heavy (non-hydrogen) atoms. The number of rotatable bonds is 7. The Morgan fingerprint density at radius 2 is 2.36 bits per heavy atom. The number of amides is 1. The van der Waals surface area contributed by atoms with Gasteiger partial charge < -0.3 is 4.90 Å². The fraction of sp³-hybridized carbons (Fsp3) is 0.333. The van der Waals surface area contributed by atoms with Gasteiger partial charge in [-0.15, -0.1) is 0 Å². The first-order chi connectivity index (χ1) is 11.7. The smallest absolute Gasteiger partial charge is 0.260 e. The van der Waals surface area contributed by atoms with E-state index in [1.807, 2.05) is 0 Å². The highest BCUT2D eigenvalue weighted by Crippen LogP contribution is 2.10.